The monoisotopic (exact) mass is 311 g/mol. The van der Waals surface area contributed by atoms with Crippen molar-refractivity contribution in [2.75, 3.05) is 0 Å². The zero-order valence-electron chi connectivity index (χ0n) is 11.5. The summed E-state index contributed by atoms with van der Waals surface area (Å²) in [6.07, 6.45) is 0. The number of carbonyl (C=O) groups excluding carboxylic acids is 1. The third-order valence-corrected chi connectivity index (χ3v) is 3.93. The third kappa shape index (κ3) is 4.03. The highest BCUT2D eigenvalue weighted by atomic mass is 35.5. The number of carbonyl (C=O) groups is 1. The van der Waals surface area contributed by atoms with Gasteiger partial charge in [0, 0.05) is 17.0 Å². The van der Waals surface area contributed by atoms with Crippen LogP contribution in [0.4, 0.5) is 0 Å². The summed E-state index contributed by atoms with van der Waals surface area (Å²) in [5.74, 6) is -0.0750. The maximum atomic E-state index is 12.0. The molecule has 0 saturated carbocycles. The van der Waals surface area contributed by atoms with Gasteiger partial charge in [-0.05, 0) is 31.5 Å². The van der Waals surface area contributed by atoms with E-state index in [-0.39, 0.29) is 18.3 Å². The van der Waals surface area contributed by atoms with Gasteiger partial charge in [0.2, 0.25) is 0 Å². The van der Waals surface area contributed by atoms with Crippen molar-refractivity contribution in [3.05, 3.63) is 51.0 Å². The lowest BCUT2D eigenvalue weighted by atomic mass is 10.1. The highest BCUT2D eigenvalue weighted by Gasteiger charge is 2.08. The second-order valence-corrected chi connectivity index (χ2v) is 5.61. The standard InChI is InChI=1S/C14H17N3OS.ClH/c1-9-13(19-10(2)17-9)8-16-14(18)12-5-3-11(7-15)4-6-12;/h3-6H,7-8,15H2,1-2H3,(H,16,18);1H. The topological polar surface area (TPSA) is 68.0 Å². The summed E-state index contributed by atoms with van der Waals surface area (Å²) >= 11 is 1.62. The molecule has 1 aromatic carbocycles. The molecule has 0 bridgehead atoms. The Balaban J connectivity index is 0.00000200. The molecule has 1 heterocycles. The van der Waals surface area contributed by atoms with E-state index in [2.05, 4.69) is 10.3 Å². The number of nitrogens with zero attached hydrogens (tertiary/aromatic N) is 1. The van der Waals surface area contributed by atoms with E-state index in [1.165, 1.54) is 0 Å². The van der Waals surface area contributed by atoms with Crippen molar-refractivity contribution in [1.29, 1.82) is 0 Å². The maximum Gasteiger partial charge on any atom is 0.251 e. The van der Waals surface area contributed by atoms with Crippen molar-refractivity contribution in [1.82, 2.24) is 10.3 Å². The molecule has 108 valence electrons. The van der Waals surface area contributed by atoms with Gasteiger partial charge in [0.05, 0.1) is 17.2 Å². The van der Waals surface area contributed by atoms with Gasteiger partial charge in [0.15, 0.2) is 0 Å². The van der Waals surface area contributed by atoms with Crippen LogP contribution in [-0.2, 0) is 13.1 Å². The van der Waals surface area contributed by atoms with Crippen molar-refractivity contribution >= 4 is 29.7 Å². The van der Waals surface area contributed by atoms with E-state index >= 15 is 0 Å². The van der Waals surface area contributed by atoms with Gasteiger partial charge in [-0.1, -0.05) is 12.1 Å². The number of rotatable bonds is 4. The van der Waals surface area contributed by atoms with E-state index in [1.807, 2.05) is 26.0 Å². The number of halogens is 1. The molecule has 0 aliphatic heterocycles. The largest absolute Gasteiger partial charge is 0.347 e. The van der Waals surface area contributed by atoms with Gasteiger partial charge in [-0.3, -0.25) is 4.79 Å². The van der Waals surface area contributed by atoms with Crippen molar-refractivity contribution in [3.63, 3.8) is 0 Å². The van der Waals surface area contributed by atoms with Crippen LogP contribution in [0.2, 0.25) is 0 Å². The van der Waals surface area contributed by atoms with Gasteiger partial charge in [-0.2, -0.15) is 0 Å². The molecular formula is C14H18ClN3OS. The van der Waals surface area contributed by atoms with Crippen LogP contribution in [0, 0.1) is 13.8 Å². The summed E-state index contributed by atoms with van der Waals surface area (Å²) < 4.78 is 0. The Morgan fingerprint density at radius 2 is 1.95 bits per heavy atom. The summed E-state index contributed by atoms with van der Waals surface area (Å²) in [4.78, 5) is 17.4. The van der Waals surface area contributed by atoms with Crippen LogP contribution in [0.3, 0.4) is 0 Å². The second kappa shape index (κ2) is 7.38. The van der Waals surface area contributed by atoms with Crippen molar-refractivity contribution in [2.24, 2.45) is 5.73 Å². The number of thiazole rings is 1. The highest BCUT2D eigenvalue weighted by Crippen LogP contribution is 2.16. The van der Waals surface area contributed by atoms with E-state index in [9.17, 15) is 4.79 Å². The molecule has 4 nitrogen and oxygen atoms in total. The lowest BCUT2D eigenvalue weighted by molar-refractivity contribution is 0.0951. The molecule has 2 aromatic rings. The number of nitrogens with two attached hydrogens (primary N) is 1. The minimum atomic E-state index is -0.0750. The predicted molar refractivity (Wildman–Crippen MR) is 84.3 cm³/mol. The molecule has 0 spiro atoms. The first-order valence-corrected chi connectivity index (χ1v) is 6.92. The fourth-order valence-electron chi connectivity index (χ4n) is 1.79. The number of hydrogen-bond acceptors (Lipinski definition) is 4. The Bertz CT molecular complexity index is 581. The number of amides is 1. The Hall–Kier alpha value is -1.43. The molecule has 20 heavy (non-hydrogen) atoms. The van der Waals surface area contributed by atoms with Gasteiger partial charge < -0.3 is 11.1 Å². The zero-order valence-corrected chi connectivity index (χ0v) is 13.1. The quantitative estimate of drug-likeness (QED) is 0.912. The molecule has 6 heteroatoms. The minimum Gasteiger partial charge on any atom is -0.347 e. The first-order valence-electron chi connectivity index (χ1n) is 6.10. The van der Waals surface area contributed by atoms with E-state index in [1.54, 1.807) is 23.5 Å². The fourth-order valence-corrected chi connectivity index (χ4v) is 2.67. The van der Waals surface area contributed by atoms with Crippen LogP contribution in [0.1, 0.15) is 31.5 Å². The summed E-state index contributed by atoms with van der Waals surface area (Å²) in [5.41, 5.74) is 8.18. The van der Waals surface area contributed by atoms with Crippen LogP contribution in [0.5, 0.6) is 0 Å². The van der Waals surface area contributed by atoms with Crippen molar-refractivity contribution < 1.29 is 4.79 Å². The average molecular weight is 312 g/mol. The molecular weight excluding hydrogens is 294 g/mol. The van der Waals surface area contributed by atoms with Gasteiger partial charge in [-0.15, -0.1) is 23.7 Å². The minimum absolute atomic E-state index is 0. The van der Waals surface area contributed by atoms with Crippen LogP contribution in [0.15, 0.2) is 24.3 Å². The Morgan fingerprint density at radius 1 is 1.30 bits per heavy atom. The predicted octanol–water partition coefficient (Wildman–Crippen LogP) is 2.57. The molecule has 0 fully saturated rings. The van der Waals surface area contributed by atoms with Crippen LogP contribution in [-0.4, -0.2) is 10.9 Å². The number of benzene rings is 1. The number of aromatic nitrogens is 1. The first kappa shape index (κ1) is 16.6. The lowest BCUT2D eigenvalue weighted by Gasteiger charge is -2.05. The van der Waals surface area contributed by atoms with Gasteiger partial charge >= 0.3 is 0 Å². The third-order valence-electron chi connectivity index (χ3n) is 2.86. The van der Waals surface area contributed by atoms with Gasteiger partial charge in [0.1, 0.15) is 0 Å². The number of nitrogens with one attached hydrogen (secondary N) is 1. The molecule has 1 aromatic heterocycles. The number of aryl methyl sites for hydroxylation is 2. The Kier molecular flexibility index (Phi) is 6.13. The Labute approximate surface area is 128 Å². The molecule has 0 saturated heterocycles. The van der Waals surface area contributed by atoms with Crippen LogP contribution in [0.25, 0.3) is 0 Å². The zero-order chi connectivity index (χ0) is 13.8. The molecule has 2 rings (SSSR count). The van der Waals surface area contributed by atoms with E-state index < -0.39 is 0 Å². The molecule has 3 N–H and O–H groups in total. The number of hydrogen-bond donors (Lipinski definition) is 2. The SMILES string of the molecule is Cc1nc(C)c(CNC(=O)c2ccc(CN)cc2)s1.Cl. The van der Waals surface area contributed by atoms with Crippen LogP contribution >= 0.6 is 23.7 Å². The Morgan fingerprint density at radius 3 is 2.45 bits per heavy atom. The first-order chi connectivity index (χ1) is 9.10. The smallest absolute Gasteiger partial charge is 0.251 e. The fraction of sp³-hybridized carbons (Fsp3) is 0.286. The van der Waals surface area contributed by atoms with E-state index in [4.69, 9.17) is 5.73 Å². The summed E-state index contributed by atoms with van der Waals surface area (Å²) in [5, 5.41) is 3.93. The van der Waals surface area contributed by atoms with Crippen LogP contribution < -0.4 is 11.1 Å². The summed E-state index contributed by atoms with van der Waals surface area (Å²) in [6.45, 7) is 4.94. The van der Waals surface area contributed by atoms with Gasteiger partial charge in [-0.25, -0.2) is 4.98 Å². The molecule has 0 unspecified atom stereocenters. The molecule has 0 atom stereocenters. The second-order valence-electron chi connectivity index (χ2n) is 4.33. The molecule has 0 radical (unpaired) electrons. The molecule has 1 amide bonds. The van der Waals surface area contributed by atoms with E-state index in [0.29, 0.717) is 18.7 Å². The molecule has 0 aliphatic rings. The van der Waals surface area contributed by atoms with Crippen molar-refractivity contribution in [2.45, 2.75) is 26.9 Å². The van der Waals surface area contributed by atoms with Crippen molar-refractivity contribution in [3.8, 4) is 0 Å². The normalized spacial score (nSPS) is 9.95. The highest BCUT2D eigenvalue weighted by molar-refractivity contribution is 7.11. The van der Waals surface area contributed by atoms with Gasteiger partial charge in [0.25, 0.3) is 5.91 Å². The summed E-state index contributed by atoms with van der Waals surface area (Å²) in [6, 6.07) is 7.33. The average Bonchev–Trinajstić information content (AvgIpc) is 2.74. The molecule has 0 aliphatic carbocycles. The van der Waals surface area contributed by atoms with E-state index in [0.717, 1.165) is 21.1 Å². The maximum absolute atomic E-state index is 12.0. The lowest BCUT2D eigenvalue weighted by Crippen LogP contribution is -2.22. The summed E-state index contributed by atoms with van der Waals surface area (Å²) in [7, 11) is 0.